The lowest BCUT2D eigenvalue weighted by molar-refractivity contribution is 0.318. The van der Waals surface area contributed by atoms with E-state index in [-0.39, 0.29) is 6.04 Å². The number of para-hydroxylation sites is 1. The SMILES string of the molecule is S=C(Nc1ccccc1)N1N=C(c2ccccc2)CC1c1ccco1. The number of thiocarbonyl (C=S) groups is 1. The van der Waals surface area contributed by atoms with Gasteiger partial charge in [-0.05, 0) is 42.0 Å². The molecule has 1 atom stereocenters. The van der Waals surface area contributed by atoms with Crippen LogP contribution in [0.1, 0.15) is 23.8 Å². The molecule has 3 aromatic rings. The third kappa shape index (κ3) is 3.32. The lowest BCUT2D eigenvalue weighted by atomic mass is 10.0. The number of nitrogens with zero attached hydrogens (tertiary/aromatic N) is 2. The smallest absolute Gasteiger partial charge is 0.194 e. The predicted octanol–water partition coefficient (Wildman–Crippen LogP) is 4.83. The maximum Gasteiger partial charge on any atom is 0.194 e. The van der Waals surface area contributed by atoms with Crippen molar-refractivity contribution < 1.29 is 4.42 Å². The van der Waals surface area contributed by atoms with Gasteiger partial charge in [-0.3, -0.25) is 0 Å². The van der Waals surface area contributed by atoms with Crippen molar-refractivity contribution in [3.8, 4) is 0 Å². The fourth-order valence-corrected chi connectivity index (χ4v) is 3.19. The summed E-state index contributed by atoms with van der Waals surface area (Å²) in [6.45, 7) is 0. The molecule has 0 saturated carbocycles. The summed E-state index contributed by atoms with van der Waals surface area (Å²) < 4.78 is 5.63. The minimum Gasteiger partial charge on any atom is -0.467 e. The summed E-state index contributed by atoms with van der Waals surface area (Å²) in [5.41, 5.74) is 3.04. The molecular formula is C20H17N3OS. The van der Waals surface area contributed by atoms with Crippen molar-refractivity contribution in [1.29, 1.82) is 0 Å². The van der Waals surface area contributed by atoms with Crippen LogP contribution in [0.25, 0.3) is 0 Å². The zero-order chi connectivity index (χ0) is 17.1. The van der Waals surface area contributed by atoms with Crippen LogP contribution in [0.5, 0.6) is 0 Å². The summed E-state index contributed by atoms with van der Waals surface area (Å²) >= 11 is 5.62. The summed E-state index contributed by atoms with van der Waals surface area (Å²) in [4.78, 5) is 0. The van der Waals surface area contributed by atoms with E-state index in [1.807, 2.05) is 65.7 Å². The fraction of sp³-hybridized carbons (Fsp3) is 0.100. The molecule has 1 unspecified atom stereocenters. The van der Waals surface area contributed by atoms with Gasteiger partial charge in [-0.15, -0.1) is 0 Å². The van der Waals surface area contributed by atoms with Gasteiger partial charge in [0, 0.05) is 12.1 Å². The Kier molecular flexibility index (Phi) is 4.31. The Morgan fingerprint density at radius 2 is 1.72 bits per heavy atom. The number of furan rings is 1. The molecule has 124 valence electrons. The first-order valence-electron chi connectivity index (χ1n) is 8.13. The van der Waals surface area contributed by atoms with Gasteiger partial charge >= 0.3 is 0 Å². The van der Waals surface area contributed by atoms with Crippen LogP contribution in [-0.4, -0.2) is 15.8 Å². The Morgan fingerprint density at radius 1 is 1.00 bits per heavy atom. The van der Waals surface area contributed by atoms with E-state index in [9.17, 15) is 0 Å². The van der Waals surface area contributed by atoms with E-state index in [1.165, 1.54) is 0 Å². The second-order valence-electron chi connectivity index (χ2n) is 5.79. The van der Waals surface area contributed by atoms with E-state index in [0.717, 1.165) is 29.1 Å². The van der Waals surface area contributed by atoms with Crippen molar-refractivity contribution in [2.24, 2.45) is 5.10 Å². The Morgan fingerprint density at radius 3 is 2.40 bits per heavy atom. The first kappa shape index (κ1) is 15.6. The Hall–Kier alpha value is -2.92. The molecule has 5 heteroatoms. The molecule has 25 heavy (non-hydrogen) atoms. The average molecular weight is 347 g/mol. The summed E-state index contributed by atoms with van der Waals surface area (Å²) in [5, 5.41) is 10.4. The number of hydrazone groups is 1. The number of anilines is 1. The third-order valence-corrected chi connectivity index (χ3v) is 4.41. The lowest BCUT2D eigenvalue weighted by Crippen LogP contribution is -2.30. The molecule has 0 amide bonds. The lowest BCUT2D eigenvalue weighted by Gasteiger charge is -2.23. The quantitative estimate of drug-likeness (QED) is 0.689. The van der Waals surface area contributed by atoms with Gasteiger partial charge in [0.25, 0.3) is 0 Å². The molecule has 1 N–H and O–H groups in total. The summed E-state index contributed by atoms with van der Waals surface area (Å²) in [5.74, 6) is 0.854. The highest BCUT2D eigenvalue weighted by Crippen LogP contribution is 2.33. The van der Waals surface area contributed by atoms with Gasteiger partial charge in [0.15, 0.2) is 5.11 Å². The molecule has 0 bridgehead atoms. The average Bonchev–Trinajstić information content (AvgIpc) is 3.33. The normalized spacial score (nSPS) is 16.6. The van der Waals surface area contributed by atoms with Gasteiger partial charge in [0.05, 0.1) is 12.0 Å². The molecule has 1 aliphatic heterocycles. The molecule has 2 aromatic carbocycles. The van der Waals surface area contributed by atoms with Crippen LogP contribution >= 0.6 is 12.2 Å². The third-order valence-electron chi connectivity index (χ3n) is 4.12. The zero-order valence-electron chi connectivity index (χ0n) is 13.5. The highest BCUT2D eigenvalue weighted by atomic mass is 32.1. The van der Waals surface area contributed by atoms with Crippen molar-refractivity contribution in [3.05, 3.63) is 90.4 Å². The van der Waals surface area contributed by atoms with Crippen molar-refractivity contribution in [2.75, 3.05) is 5.32 Å². The summed E-state index contributed by atoms with van der Waals surface area (Å²) in [6, 6.07) is 23.8. The monoisotopic (exact) mass is 347 g/mol. The number of benzene rings is 2. The number of hydrogen-bond donors (Lipinski definition) is 1. The van der Waals surface area contributed by atoms with Crippen LogP contribution in [0.4, 0.5) is 5.69 Å². The maximum atomic E-state index is 5.63. The van der Waals surface area contributed by atoms with Gasteiger partial charge in [0.1, 0.15) is 11.8 Å². The second-order valence-corrected chi connectivity index (χ2v) is 6.18. The molecule has 1 aliphatic rings. The molecule has 1 aromatic heterocycles. The fourth-order valence-electron chi connectivity index (χ4n) is 2.91. The minimum atomic E-state index is -0.0473. The summed E-state index contributed by atoms with van der Waals surface area (Å²) in [6.07, 6.45) is 2.43. The van der Waals surface area contributed by atoms with E-state index in [4.69, 9.17) is 21.7 Å². The van der Waals surface area contributed by atoms with Crippen molar-refractivity contribution >= 4 is 28.7 Å². The predicted molar refractivity (Wildman–Crippen MR) is 104 cm³/mol. The first-order valence-corrected chi connectivity index (χ1v) is 8.53. The van der Waals surface area contributed by atoms with Gasteiger partial charge < -0.3 is 9.73 Å². The summed E-state index contributed by atoms with van der Waals surface area (Å²) in [7, 11) is 0. The van der Waals surface area contributed by atoms with Crippen LogP contribution < -0.4 is 5.32 Å². The Bertz CT molecular complexity index is 876. The largest absolute Gasteiger partial charge is 0.467 e. The zero-order valence-corrected chi connectivity index (χ0v) is 14.3. The molecule has 0 radical (unpaired) electrons. The second kappa shape index (κ2) is 6.91. The van der Waals surface area contributed by atoms with E-state index < -0.39 is 0 Å². The van der Waals surface area contributed by atoms with Crippen LogP contribution in [-0.2, 0) is 0 Å². The topological polar surface area (TPSA) is 40.8 Å². The van der Waals surface area contributed by atoms with Crippen LogP contribution in [0.15, 0.2) is 88.6 Å². The highest BCUT2D eigenvalue weighted by Gasteiger charge is 2.33. The van der Waals surface area contributed by atoms with Gasteiger partial charge in [-0.1, -0.05) is 48.5 Å². The van der Waals surface area contributed by atoms with E-state index >= 15 is 0 Å². The van der Waals surface area contributed by atoms with Gasteiger partial charge in [-0.25, -0.2) is 5.01 Å². The molecule has 4 rings (SSSR count). The molecule has 0 fully saturated rings. The number of rotatable bonds is 3. The molecule has 0 aliphatic carbocycles. The molecule has 4 nitrogen and oxygen atoms in total. The Labute approximate surface area is 151 Å². The van der Waals surface area contributed by atoms with Crippen molar-refractivity contribution in [2.45, 2.75) is 12.5 Å². The molecule has 0 saturated heterocycles. The number of nitrogens with one attached hydrogen (secondary N) is 1. The first-order chi connectivity index (χ1) is 12.3. The van der Waals surface area contributed by atoms with E-state index in [1.54, 1.807) is 6.26 Å². The minimum absolute atomic E-state index is 0.0473. The van der Waals surface area contributed by atoms with Crippen molar-refractivity contribution in [3.63, 3.8) is 0 Å². The van der Waals surface area contributed by atoms with Crippen molar-refractivity contribution in [1.82, 2.24) is 5.01 Å². The van der Waals surface area contributed by atoms with E-state index in [2.05, 4.69) is 17.4 Å². The van der Waals surface area contributed by atoms with Gasteiger partial charge in [-0.2, -0.15) is 5.10 Å². The van der Waals surface area contributed by atoms with Crippen LogP contribution in [0.2, 0.25) is 0 Å². The maximum absolute atomic E-state index is 5.63. The molecular weight excluding hydrogens is 330 g/mol. The van der Waals surface area contributed by atoms with E-state index in [0.29, 0.717) is 5.11 Å². The highest BCUT2D eigenvalue weighted by molar-refractivity contribution is 7.80. The Balaban J connectivity index is 1.63. The van der Waals surface area contributed by atoms with Crippen LogP contribution in [0.3, 0.4) is 0 Å². The number of hydrogen-bond acceptors (Lipinski definition) is 3. The standard InChI is InChI=1S/C20H17N3OS/c25-20(21-16-10-5-2-6-11-16)23-18(19-12-7-13-24-19)14-17(22-23)15-8-3-1-4-9-15/h1-13,18H,14H2,(H,21,25). The molecule has 2 heterocycles. The van der Waals surface area contributed by atoms with Gasteiger partial charge in [0.2, 0.25) is 0 Å². The molecule has 0 spiro atoms. The van der Waals surface area contributed by atoms with Crippen LogP contribution in [0, 0.1) is 0 Å².